The number of nitrogen functional groups attached to an aromatic ring is 1. The molecule has 11 rings (SSSR count). The van der Waals surface area contributed by atoms with Crippen LogP contribution >= 0.6 is 22.7 Å². The number of anilines is 2. The Hall–Kier alpha value is -6.14. The van der Waals surface area contributed by atoms with E-state index in [4.69, 9.17) is 15.5 Å². The van der Waals surface area contributed by atoms with Crippen molar-refractivity contribution in [2.75, 3.05) is 50.0 Å². The van der Waals surface area contributed by atoms with Crippen LogP contribution in [0.1, 0.15) is 108 Å². The fraction of sp³-hybridized carbons (Fsp3) is 0.526. The lowest BCUT2D eigenvalue weighted by Crippen LogP contribution is -2.59. The number of aliphatic hydroxyl groups is 1. The topological polar surface area (TPSA) is 195 Å². The van der Waals surface area contributed by atoms with Gasteiger partial charge in [0.1, 0.15) is 35.8 Å². The minimum Gasteiger partial charge on any atom is -0.462 e. The molecule has 8 atom stereocenters. The van der Waals surface area contributed by atoms with Crippen molar-refractivity contribution in [2.24, 2.45) is 5.41 Å². The number of likely N-dealkylation sites (tertiary alicyclic amines) is 3. The van der Waals surface area contributed by atoms with Gasteiger partial charge in [0.2, 0.25) is 17.7 Å². The monoisotopic (exact) mass is 1140 g/mol. The minimum absolute atomic E-state index is 0.0363. The highest BCUT2D eigenvalue weighted by Crippen LogP contribution is 2.47. The summed E-state index contributed by atoms with van der Waals surface area (Å²) in [5.41, 5.74) is 6.89. The maximum absolute atomic E-state index is 17.3. The molecule has 0 radical (unpaired) electrons. The number of alkyl halides is 3. The van der Waals surface area contributed by atoms with E-state index in [0.29, 0.717) is 38.9 Å². The van der Waals surface area contributed by atoms with Gasteiger partial charge in [-0.15, -0.1) is 11.3 Å². The summed E-state index contributed by atoms with van der Waals surface area (Å²) < 4.78 is 84.0. The summed E-state index contributed by atoms with van der Waals surface area (Å²) >= 11 is 2.32. The summed E-state index contributed by atoms with van der Waals surface area (Å²) in [6, 6.07) is 8.18. The molecule has 80 heavy (non-hydrogen) atoms. The molecular formula is C57H66F5N11O5S2. The standard InChI is InChI=1S/C57H66F5N11O5S2/c1-29(31-10-12-32(13-11-31)48-30(2)64-28-79-48)65-52(76)42-22-37(74)26-72(42)53(77)50(56(3,4)5)73-35(16-19-43(73)75)8-6-20-70-21-7-9-36(70)27-78-55-68-46-39(51(69-55)71-24-33-14-15-34(25-71)66-33)23-40(57(60,61)62)44(45(46)59)38-17-18-41(58)49-47(38)67-54(63)80-49/h10-13,17-18,23,28-29,33-37,42,50,66,74H,6-9,14-16,19-22,24-27H2,1-5H3,(H2,63,67)(H,65,76)/t29-,33?,34?,35-,36-,37+,42-,50+/m0/s1. The molecule has 6 aromatic rings. The maximum Gasteiger partial charge on any atom is 0.417 e. The van der Waals surface area contributed by atoms with E-state index in [1.165, 1.54) is 4.90 Å². The molecule has 5 aliphatic heterocycles. The van der Waals surface area contributed by atoms with Gasteiger partial charge >= 0.3 is 12.2 Å². The van der Waals surface area contributed by atoms with Gasteiger partial charge in [0.15, 0.2) is 10.9 Å². The quantitative estimate of drug-likeness (QED) is 0.0712. The average Bonchev–Trinajstić information content (AvgIpc) is 4.43. The molecule has 16 nitrogen and oxygen atoms in total. The van der Waals surface area contributed by atoms with Crippen LogP contribution in [0, 0.1) is 24.0 Å². The van der Waals surface area contributed by atoms with Crippen LogP contribution < -0.4 is 26.0 Å². The van der Waals surface area contributed by atoms with Gasteiger partial charge in [0.05, 0.1) is 44.0 Å². The molecule has 5 fully saturated rings. The first-order valence-corrected chi connectivity index (χ1v) is 29.3. The highest BCUT2D eigenvalue weighted by Gasteiger charge is 2.50. The number of fused-ring (bicyclic) bond motifs is 4. The van der Waals surface area contributed by atoms with Crippen molar-refractivity contribution in [3.8, 4) is 27.6 Å². The summed E-state index contributed by atoms with van der Waals surface area (Å²) in [5.74, 6) is -2.78. The van der Waals surface area contributed by atoms with Crippen molar-refractivity contribution >= 4 is 72.5 Å². The van der Waals surface area contributed by atoms with Crippen molar-refractivity contribution in [1.29, 1.82) is 0 Å². The zero-order chi connectivity index (χ0) is 56.5. The van der Waals surface area contributed by atoms with E-state index < -0.39 is 52.5 Å². The summed E-state index contributed by atoms with van der Waals surface area (Å²) in [7, 11) is 0. The van der Waals surface area contributed by atoms with Gasteiger partial charge in [-0.3, -0.25) is 19.3 Å². The molecule has 0 aliphatic carbocycles. The smallest absolute Gasteiger partial charge is 0.417 e. The van der Waals surface area contributed by atoms with Crippen LogP contribution in [0.3, 0.4) is 0 Å². The van der Waals surface area contributed by atoms with Crippen molar-refractivity contribution in [3.63, 3.8) is 0 Å². The first-order chi connectivity index (χ1) is 38.1. The van der Waals surface area contributed by atoms with Crippen LogP contribution in [0.2, 0.25) is 0 Å². The van der Waals surface area contributed by atoms with E-state index >= 15 is 17.6 Å². The Balaban J connectivity index is 0.787. The van der Waals surface area contributed by atoms with Crippen LogP contribution in [0.25, 0.3) is 42.7 Å². The van der Waals surface area contributed by atoms with Gasteiger partial charge in [-0.25, -0.2) is 18.7 Å². The van der Waals surface area contributed by atoms with Gasteiger partial charge in [-0.05, 0) is 107 Å². The third kappa shape index (κ3) is 10.9. The Morgan fingerprint density at radius 2 is 1.73 bits per heavy atom. The number of hydrogen-bond acceptors (Lipinski definition) is 15. The minimum atomic E-state index is -5.04. The van der Waals surface area contributed by atoms with Gasteiger partial charge in [-0.2, -0.15) is 23.1 Å². The average molecular weight is 1140 g/mol. The summed E-state index contributed by atoms with van der Waals surface area (Å²) in [6.07, 6.45) is -0.438. The fourth-order valence-electron chi connectivity index (χ4n) is 12.9. The largest absolute Gasteiger partial charge is 0.462 e. The third-order valence-electron chi connectivity index (χ3n) is 16.7. The number of halogens is 5. The van der Waals surface area contributed by atoms with E-state index in [1.807, 2.05) is 69.3 Å². The Morgan fingerprint density at radius 3 is 2.42 bits per heavy atom. The molecular weight excluding hydrogens is 1080 g/mol. The number of aromatic nitrogens is 4. The lowest BCUT2D eigenvalue weighted by atomic mass is 9.83. The molecule has 3 aromatic heterocycles. The second kappa shape index (κ2) is 22.0. The Kier molecular flexibility index (Phi) is 15.3. The van der Waals surface area contributed by atoms with Crippen molar-refractivity contribution in [1.82, 2.24) is 45.3 Å². The van der Waals surface area contributed by atoms with Crippen LogP contribution in [-0.2, 0) is 20.6 Å². The van der Waals surface area contributed by atoms with Crippen LogP contribution in [0.15, 0.2) is 48.0 Å². The van der Waals surface area contributed by atoms with Crippen LogP contribution in [0.5, 0.6) is 6.01 Å². The lowest BCUT2D eigenvalue weighted by molar-refractivity contribution is -0.152. The first-order valence-electron chi connectivity index (χ1n) is 27.6. The van der Waals surface area contributed by atoms with E-state index in [1.54, 1.807) is 16.2 Å². The molecule has 426 valence electrons. The number of piperazine rings is 1. The summed E-state index contributed by atoms with van der Waals surface area (Å²) in [5, 5.41) is 17.4. The third-order valence-corrected chi connectivity index (χ3v) is 18.6. The van der Waals surface area contributed by atoms with Gasteiger partial charge in [-0.1, -0.05) is 56.4 Å². The van der Waals surface area contributed by atoms with E-state index in [2.05, 4.69) is 30.5 Å². The second-order valence-electron chi connectivity index (χ2n) is 23.3. The Morgan fingerprint density at radius 1 is 0.975 bits per heavy atom. The number of nitrogens with zero attached hydrogens (tertiary/aromatic N) is 8. The zero-order valence-corrected chi connectivity index (χ0v) is 46.9. The van der Waals surface area contributed by atoms with Crippen molar-refractivity contribution in [3.05, 3.63) is 76.4 Å². The number of carbonyl (C=O) groups excluding carboxylic acids is 3. The molecule has 0 saturated carbocycles. The second-order valence-corrected chi connectivity index (χ2v) is 25.2. The number of amides is 3. The molecule has 3 aromatic carbocycles. The first kappa shape index (κ1) is 55.8. The lowest BCUT2D eigenvalue weighted by Gasteiger charge is -2.43. The number of ether oxygens (including phenoxy) is 1. The predicted molar refractivity (Wildman–Crippen MR) is 297 cm³/mol. The summed E-state index contributed by atoms with van der Waals surface area (Å²) in [6.45, 7) is 11.9. The Labute approximate surface area is 468 Å². The molecule has 3 amide bonds. The van der Waals surface area contributed by atoms with Crippen molar-refractivity contribution in [2.45, 2.75) is 147 Å². The van der Waals surface area contributed by atoms with Gasteiger partial charge in [0, 0.05) is 73.2 Å². The highest BCUT2D eigenvalue weighted by atomic mass is 32.1. The number of carbonyl (C=O) groups is 3. The number of rotatable bonds is 15. The van der Waals surface area contributed by atoms with E-state index in [-0.39, 0.29) is 118 Å². The fourth-order valence-corrected chi connectivity index (χ4v) is 14.5. The number of β-amino-alcohol motifs (C(OH)–C–C–N with tert-alkyl or cyclic N) is 1. The molecule has 5 aliphatic rings. The SMILES string of the molecule is Cc1ncsc1-c1ccc([C@H](C)NC(=O)[C@@H]2C[C@@H](O)CN2C(=O)[C@@H](N2C(=O)CC[C@@H]2CCCN2CCC[C@H]2COc2nc(N3CC4CCC(C3)N4)c3cc(C(F)(F)F)c(-c4ccc(F)c5sc(N)nc45)c(F)c3n2)C(C)(C)C)cc1. The predicted octanol–water partition coefficient (Wildman–Crippen LogP) is 9.03. The maximum atomic E-state index is 17.3. The van der Waals surface area contributed by atoms with Gasteiger partial charge < -0.3 is 40.9 Å². The molecule has 5 saturated heterocycles. The number of aryl methyl sites for hydroxylation is 1. The molecule has 2 bridgehead atoms. The van der Waals surface area contributed by atoms with Crippen molar-refractivity contribution < 1.29 is 46.2 Å². The number of benzene rings is 3. The van der Waals surface area contributed by atoms with E-state index in [9.17, 15) is 23.9 Å². The molecule has 8 heterocycles. The number of thiazole rings is 2. The van der Waals surface area contributed by atoms with Gasteiger partial charge in [0.25, 0.3) is 0 Å². The number of aliphatic hydroxyl groups excluding tert-OH is 1. The molecule has 23 heteroatoms. The Bertz CT molecular complexity index is 3320. The number of hydrogen-bond donors (Lipinski definition) is 4. The zero-order valence-electron chi connectivity index (χ0n) is 45.3. The van der Waals surface area contributed by atoms with Crippen LogP contribution in [0.4, 0.5) is 32.9 Å². The molecule has 0 spiro atoms. The number of nitrogens with two attached hydrogens (primary N) is 1. The molecule has 5 N–H and O–H groups in total. The summed E-state index contributed by atoms with van der Waals surface area (Å²) in [4.78, 5) is 69.0. The van der Waals surface area contributed by atoms with E-state index in [0.717, 1.165) is 83.5 Å². The highest BCUT2D eigenvalue weighted by molar-refractivity contribution is 7.22. The molecule has 2 unspecified atom stereocenters. The van der Waals surface area contributed by atoms with Crippen LogP contribution in [-0.4, -0.2) is 139 Å². The normalized spacial score (nSPS) is 23.5. The number of nitrogens with one attached hydrogen (secondary N) is 2.